The molecular weight excluding hydrogens is 348 g/mol. The highest BCUT2D eigenvalue weighted by Crippen LogP contribution is 2.25. The minimum atomic E-state index is -0.636. The van der Waals surface area contributed by atoms with Crippen LogP contribution in [0.4, 0.5) is 0 Å². The summed E-state index contributed by atoms with van der Waals surface area (Å²) in [7, 11) is 0. The minimum absolute atomic E-state index is 0.253. The highest BCUT2D eigenvalue weighted by atomic mass is 35.5. The van der Waals surface area contributed by atoms with Crippen LogP contribution >= 0.6 is 22.9 Å². The number of ether oxygens (including phenoxy) is 1. The van der Waals surface area contributed by atoms with Gasteiger partial charge in [-0.1, -0.05) is 29.8 Å². The van der Waals surface area contributed by atoms with E-state index in [0.717, 1.165) is 10.4 Å². The van der Waals surface area contributed by atoms with Gasteiger partial charge in [-0.25, -0.2) is 4.79 Å². The Morgan fingerprint density at radius 3 is 2.96 bits per heavy atom. The van der Waals surface area contributed by atoms with Gasteiger partial charge in [0.05, 0.1) is 4.88 Å². The lowest BCUT2D eigenvalue weighted by Crippen LogP contribution is -2.06. The van der Waals surface area contributed by atoms with Crippen LogP contribution < -0.4 is 0 Å². The fourth-order valence-electron chi connectivity index (χ4n) is 1.94. The zero-order valence-corrected chi connectivity index (χ0v) is 14.3. The molecule has 2 heterocycles. The molecule has 122 valence electrons. The first kappa shape index (κ1) is 16.4. The fraction of sp³-hybridized carbons (Fsp3) is 0.118. The van der Waals surface area contributed by atoms with Crippen molar-refractivity contribution in [1.82, 2.24) is 10.2 Å². The number of benzene rings is 1. The van der Waals surface area contributed by atoms with Gasteiger partial charge >= 0.3 is 5.97 Å². The number of hydrogen-bond acceptors (Lipinski definition) is 6. The van der Waals surface area contributed by atoms with Crippen LogP contribution in [0.15, 0.2) is 52.3 Å². The predicted octanol–water partition coefficient (Wildman–Crippen LogP) is 4.77. The van der Waals surface area contributed by atoms with E-state index in [2.05, 4.69) is 10.2 Å². The van der Waals surface area contributed by atoms with Crippen LogP contribution in [0.1, 0.15) is 24.5 Å². The first-order valence-electron chi connectivity index (χ1n) is 7.13. The Morgan fingerprint density at radius 1 is 1.33 bits per heavy atom. The molecular formula is C17H13ClN2O3S. The summed E-state index contributed by atoms with van der Waals surface area (Å²) in [6.45, 7) is 1.68. The van der Waals surface area contributed by atoms with Gasteiger partial charge in [-0.15, -0.1) is 21.5 Å². The standard InChI is InChI=1S/C17H13ClN2O3S/c1-11(16-19-20-17(23-16)14-6-3-9-24-14)22-15(21)8-7-12-4-2-5-13(18)10-12/h2-11H,1H3/b8-7+/t11-/m1/s1. The number of thiophene rings is 1. The Morgan fingerprint density at radius 2 is 2.21 bits per heavy atom. The summed E-state index contributed by atoms with van der Waals surface area (Å²) in [6.07, 6.45) is 2.33. The van der Waals surface area contributed by atoms with Crippen molar-refractivity contribution in [1.29, 1.82) is 0 Å². The number of hydrogen-bond donors (Lipinski definition) is 0. The highest BCUT2D eigenvalue weighted by molar-refractivity contribution is 7.13. The Hall–Kier alpha value is -2.44. The van der Waals surface area contributed by atoms with Crippen LogP contribution in [0.2, 0.25) is 5.02 Å². The van der Waals surface area contributed by atoms with Gasteiger partial charge in [0.15, 0.2) is 6.10 Å². The normalized spacial score (nSPS) is 12.4. The average Bonchev–Trinajstić information content (AvgIpc) is 3.24. The van der Waals surface area contributed by atoms with E-state index in [-0.39, 0.29) is 5.89 Å². The Bertz CT molecular complexity index is 858. The van der Waals surface area contributed by atoms with Crippen LogP contribution in [0, 0.1) is 0 Å². The first-order chi connectivity index (χ1) is 11.6. The summed E-state index contributed by atoms with van der Waals surface area (Å²) in [6, 6.07) is 10.9. The van der Waals surface area contributed by atoms with Crippen LogP contribution in [0.25, 0.3) is 16.8 Å². The molecule has 0 saturated heterocycles. The predicted molar refractivity (Wildman–Crippen MR) is 92.6 cm³/mol. The lowest BCUT2D eigenvalue weighted by atomic mass is 10.2. The molecule has 3 rings (SSSR count). The molecule has 0 radical (unpaired) electrons. The van der Waals surface area contributed by atoms with E-state index in [4.69, 9.17) is 20.8 Å². The molecule has 0 saturated carbocycles. The van der Waals surface area contributed by atoms with E-state index in [1.807, 2.05) is 23.6 Å². The topological polar surface area (TPSA) is 65.2 Å². The van der Waals surface area contributed by atoms with Crippen molar-refractivity contribution in [2.75, 3.05) is 0 Å². The van der Waals surface area contributed by atoms with Crippen LogP contribution in [0.5, 0.6) is 0 Å². The lowest BCUT2D eigenvalue weighted by Gasteiger charge is -2.06. The molecule has 24 heavy (non-hydrogen) atoms. The molecule has 0 fully saturated rings. The largest absolute Gasteiger partial charge is 0.449 e. The SMILES string of the molecule is C[C@@H](OC(=O)/C=C/c1cccc(Cl)c1)c1nnc(-c2cccs2)o1. The molecule has 5 nitrogen and oxygen atoms in total. The molecule has 2 aromatic heterocycles. The number of carbonyl (C=O) groups excluding carboxylic acids is 1. The quantitative estimate of drug-likeness (QED) is 0.484. The molecule has 0 aliphatic rings. The molecule has 1 atom stereocenters. The summed E-state index contributed by atoms with van der Waals surface area (Å²) in [5, 5.41) is 10.4. The third kappa shape index (κ3) is 4.10. The van der Waals surface area contributed by atoms with Crippen molar-refractivity contribution in [3.8, 4) is 10.8 Å². The maximum atomic E-state index is 11.9. The second kappa shape index (κ2) is 7.42. The first-order valence-corrected chi connectivity index (χ1v) is 8.39. The zero-order chi connectivity index (χ0) is 16.9. The maximum Gasteiger partial charge on any atom is 0.331 e. The van der Waals surface area contributed by atoms with E-state index >= 15 is 0 Å². The van der Waals surface area contributed by atoms with Gasteiger partial charge in [-0.3, -0.25) is 0 Å². The van der Waals surface area contributed by atoms with Crippen molar-refractivity contribution in [2.45, 2.75) is 13.0 Å². The summed E-state index contributed by atoms with van der Waals surface area (Å²) < 4.78 is 10.8. The highest BCUT2D eigenvalue weighted by Gasteiger charge is 2.18. The Kier molecular flexibility index (Phi) is 5.08. The second-order valence-corrected chi connectivity index (χ2v) is 6.27. The van der Waals surface area contributed by atoms with Gasteiger partial charge < -0.3 is 9.15 Å². The zero-order valence-electron chi connectivity index (χ0n) is 12.7. The molecule has 0 amide bonds. The van der Waals surface area contributed by atoms with Crippen molar-refractivity contribution in [2.24, 2.45) is 0 Å². The lowest BCUT2D eigenvalue weighted by molar-refractivity contribution is -0.143. The molecule has 1 aromatic carbocycles. The van der Waals surface area contributed by atoms with Gasteiger partial charge in [0.2, 0.25) is 0 Å². The third-order valence-corrected chi connectivity index (χ3v) is 4.17. The monoisotopic (exact) mass is 360 g/mol. The van der Waals surface area contributed by atoms with Gasteiger partial charge in [-0.05, 0) is 42.1 Å². The number of nitrogens with zero attached hydrogens (tertiary/aromatic N) is 2. The number of carbonyl (C=O) groups is 1. The van der Waals surface area contributed by atoms with Crippen molar-refractivity contribution < 1.29 is 13.9 Å². The van der Waals surface area contributed by atoms with Crippen LogP contribution in [0.3, 0.4) is 0 Å². The number of esters is 1. The summed E-state index contributed by atoms with van der Waals surface area (Å²) >= 11 is 7.39. The van der Waals surface area contributed by atoms with Crippen LogP contribution in [-0.4, -0.2) is 16.2 Å². The molecule has 0 spiro atoms. The number of aromatic nitrogens is 2. The second-order valence-electron chi connectivity index (χ2n) is 4.89. The summed E-state index contributed by atoms with van der Waals surface area (Å²) in [5.41, 5.74) is 0.810. The van der Waals surface area contributed by atoms with Crippen molar-refractivity contribution in [3.05, 3.63) is 64.3 Å². The molecule has 0 aliphatic carbocycles. The smallest absolute Gasteiger partial charge is 0.331 e. The summed E-state index contributed by atoms with van der Waals surface area (Å²) in [4.78, 5) is 12.8. The van der Waals surface area contributed by atoms with Gasteiger partial charge in [0, 0.05) is 11.1 Å². The van der Waals surface area contributed by atoms with Gasteiger partial charge in [-0.2, -0.15) is 0 Å². The van der Waals surface area contributed by atoms with Crippen molar-refractivity contribution in [3.63, 3.8) is 0 Å². The summed E-state index contributed by atoms with van der Waals surface area (Å²) in [5.74, 6) is 0.165. The van der Waals surface area contributed by atoms with Gasteiger partial charge in [0.25, 0.3) is 11.8 Å². The molecule has 0 N–H and O–H groups in total. The molecule has 0 bridgehead atoms. The van der Waals surface area contributed by atoms with Crippen LogP contribution in [-0.2, 0) is 9.53 Å². The Balaban J connectivity index is 1.62. The maximum absolute atomic E-state index is 11.9. The third-order valence-electron chi connectivity index (χ3n) is 3.07. The average molecular weight is 361 g/mol. The van der Waals surface area contributed by atoms with E-state index in [1.54, 1.807) is 31.2 Å². The van der Waals surface area contributed by atoms with Gasteiger partial charge in [0.1, 0.15) is 0 Å². The number of rotatable bonds is 5. The van der Waals surface area contributed by atoms with E-state index in [9.17, 15) is 4.79 Å². The number of halogens is 1. The van der Waals surface area contributed by atoms with E-state index < -0.39 is 12.1 Å². The molecule has 7 heteroatoms. The minimum Gasteiger partial charge on any atom is -0.449 e. The fourth-order valence-corrected chi connectivity index (χ4v) is 2.78. The molecule has 0 unspecified atom stereocenters. The van der Waals surface area contributed by atoms with E-state index in [1.165, 1.54) is 17.4 Å². The van der Waals surface area contributed by atoms with E-state index in [0.29, 0.717) is 10.9 Å². The Labute approximate surface area is 147 Å². The molecule has 3 aromatic rings. The van der Waals surface area contributed by atoms with Crippen molar-refractivity contribution >= 4 is 35.0 Å². The molecule has 0 aliphatic heterocycles.